The van der Waals surface area contributed by atoms with Crippen LogP contribution in [-0.4, -0.2) is 17.5 Å². The van der Waals surface area contributed by atoms with Gasteiger partial charge in [-0.15, -0.1) is 0 Å². The Hall–Kier alpha value is -3.48. The molecule has 1 amide bonds. The molecule has 2 N–H and O–H groups in total. The Labute approximate surface area is 155 Å². The highest BCUT2D eigenvalue weighted by atomic mass is 19.2. The lowest BCUT2D eigenvalue weighted by Crippen LogP contribution is -2.12. The van der Waals surface area contributed by atoms with E-state index in [-0.39, 0.29) is 11.3 Å². The molecule has 7 heteroatoms. The molecule has 3 rings (SSSR count). The Morgan fingerprint density at radius 3 is 2.37 bits per heavy atom. The molecule has 5 nitrogen and oxygen atoms in total. The summed E-state index contributed by atoms with van der Waals surface area (Å²) in [7, 11) is 0. The molecule has 0 aliphatic heterocycles. The zero-order chi connectivity index (χ0) is 19.2. The van der Waals surface area contributed by atoms with Crippen molar-refractivity contribution < 1.29 is 18.3 Å². The Morgan fingerprint density at radius 1 is 1.00 bits per heavy atom. The molecule has 1 heterocycles. The lowest BCUT2D eigenvalue weighted by molar-refractivity contribution is 0.102. The van der Waals surface area contributed by atoms with Gasteiger partial charge in [-0.05, 0) is 55.5 Å². The summed E-state index contributed by atoms with van der Waals surface area (Å²) in [6, 6.07) is 13.8. The number of ether oxygens (including phenoxy) is 1. The summed E-state index contributed by atoms with van der Waals surface area (Å²) in [5.74, 6) is -1.13. The summed E-state index contributed by atoms with van der Waals surface area (Å²) < 4.78 is 31.5. The molecule has 0 fully saturated rings. The van der Waals surface area contributed by atoms with Gasteiger partial charge in [0.25, 0.3) is 5.91 Å². The van der Waals surface area contributed by atoms with Gasteiger partial charge < -0.3 is 15.4 Å². The molecule has 0 saturated carbocycles. The quantitative estimate of drug-likeness (QED) is 0.658. The van der Waals surface area contributed by atoms with Gasteiger partial charge in [0.1, 0.15) is 11.6 Å². The van der Waals surface area contributed by atoms with Crippen LogP contribution in [0.4, 0.5) is 26.0 Å². The van der Waals surface area contributed by atoms with Crippen molar-refractivity contribution in [2.24, 2.45) is 0 Å². The van der Waals surface area contributed by atoms with Crippen molar-refractivity contribution in [2.75, 3.05) is 17.2 Å². The Bertz CT molecular complexity index is 929. The Kier molecular flexibility index (Phi) is 5.61. The number of pyridine rings is 1. The van der Waals surface area contributed by atoms with Gasteiger partial charge in [-0.1, -0.05) is 0 Å². The maximum atomic E-state index is 13.2. The van der Waals surface area contributed by atoms with E-state index in [0.29, 0.717) is 12.4 Å². The molecular weight excluding hydrogens is 352 g/mol. The number of hydrogen-bond acceptors (Lipinski definition) is 4. The number of nitrogens with zero attached hydrogens (tertiary/aromatic N) is 1. The number of carbonyl (C=O) groups is 1. The van der Waals surface area contributed by atoms with E-state index < -0.39 is 17.5 Å². The largest absolute Gasteiger partial charge is 0.494 e. The molecule has 0 spiro atoms. The average molecular weight is 369 g/mol. The third-order valence-electron chi connectivity index (χ3n) is 3.64. The minimum Gasteiger partial charge on any atom is -0.494 e. The van der Waals surface area contributed by atoms with Crippen LogP contribution in [0.3, 0.4) is 0 Å². The Morgan fingerprint density at radius 2 is 1.74 bits per heavy atom. The predicted octanol–water partition coefficient (Wildman–Crippen LogP) is 4.75. The van der Waals surface area contributed by atoms with Gasteiger partial charge in [0, 0.05) is 23.6 Å². The van der Waals surface area contributed by atoms with Crippen LogP contribution in [0.15, 0.2) is 60.8 Å². The van der Waals surface area contributed by atoms with Crippen LogP contribution in [0.25, 0.3) is 0 Å². The fraction of sp³-hybridized carbons (Fsp3) is 0.100. The second kappa shape index (κ2) is 8.27. The van der Waals surface area contributed by atoms with Gasteiger partial charge in [0.15, 0.2) is 11.6 Å². The van der Waals surface area contributed by atoms with Crippen molar-refractivity contribution >= 4 is 23.1 Å². The first-order valence-corrected chi connectivity index (χ1v) is 8.27. The predicted molar refractivity (Wildman–Crippen MR) is 99.4 cm³/mol. The van der Waals surface area contributed by atoms with Crippen molar-refractivity contribution in [1.29, 1.82) is 0 Å². The fourth-order valence-corrected chi connectivity index (χ4v) is 2.33. The molecule has 0 unspecified atom stereocenters. The highest BCUT2D eigenvalue weighted by Crippen LogP contribution is 2.19. The Balaban J connectivity index is 1.63. The zero-order valence-electron chi connectivity index (χ0n) is 14.5. The third kappa shape index (κ3) is 4.78. The topological polar surface area (TPSA) is 63.2 Å². The molecule has 1 aromatic heterocycles. The number of aromatic nitrogens is 1. The molecule has 0 bridgehead atoms. The van der Waals surface area contributed by atoms with Gasteiger partial charge in [-0.2, -0.15) is 0 Å². The number of benzene rings is 2. The van der Waals surface area contributed by atoms with Crippen molar-refractivity contribution in [1.82, 2.24) is 4.98 Å². The lowest BCUT2D eigenvalue weighted by Gasteiger charge is -2.09. The summed E-state index contributed by atoms with van der Waals surface area (Å²) >= 11 is 0. The van der Waals surface area contributed by atoms with Crippen LogP contribution in [0.5, 0.6) is 5.75 Å². The zero-order valence-corrected chi connectivity index (χ0v) is 14.5. The molecule has 138 valence electrons. The van der Waals surface area contributed by atoms with Crippen molar-refractivity contribution in [3.63, 3.8) is 0 Å². The van der Waals surface area contributed by atoms with Crippen LogP contribution < -0.4 is 15.4 Å². The number of anilines is 3. The number of amides is 1. The van der Waals surface area contributed by atoms with E-state index in [0.717, 1.165) is 23.6 Å². The standard InChI is InChI=1S/C20H17F2N3O2/c1-2-27-16-7-4-14(5-8-16)24-19-10-3-13(12-23-19)20(26)25-15-6-9-17(21)18(22)11-15/h3-12H,2H2,1H3,(H,23,24)(H,25,26). The second-order valence-electron chi connectivity index (χ2n) is 5.60. The van der Waals surface area contributed by atoms with E-state index in [9.17, 15) is 13.6 Å². The van der Waals surface area contributed by atoms with Gasteiger partial charge in [-0.25, -0.2) is 13.8 Å². The first-order valence-electron chi connectivity index (χ1n) is 8.27. The summed E-state index contributed by atoms with van der Waals surface area (Å²) in [5.41, 5.74) is 1.28. The summed E-state index contributed by atoms with van der Waals surface area (Å²) in [6.07, 6.45) is 1.39. The number of hydrogen-bond donors (Lipinski definition) is 2. The van der Waals surface area contributed by atoms with Gasteiger partial charge in [0.2, 0.25) is 0 Å². The SMILES string of the molecule is CCOc1ccc(Nc2ccc(C(=O)Nc3ccc(F)c(F)c3)cn2)cc1. The number of rotatable bonds is 6. The van der Waals surface area contributed by atoms with E-state index in [1.807, 2.05) is 31.2 Å². The van der Waals surface area contributed by atoms with E-state index in [1.165, 1.54) is 12.3 Å². The molecule has 0 aliphatic carbocycles. The van der Waals surface area contributed by atoms with Crippen LogP contribution >= 0.6 is 0 Å². The number of halogens is 2. The fourth-order valence-electron chi connectivity index (χ4n) is 2.33. The molecule has 27 heavy (non-hydrogen) atoms. The number of nitrogens with one attached hydrogen (secondary N) is 2. The summed E-state index contributed by atoms with van der Waals surface area (Å²) in [5, 5.41) is 5.61. The molecule has 0 aliphatic rings. The number of carbonyl (C=O) groups excluding carboxylic acids is 1. The van der Waals surface area contributed by atoms with Gasteiger partial charge >= 0.3 is 0 Å². The first kappa shape index (κ1) is 18.3. The molecule has 3 aromatic rings. The molecule has 2 aromatic carbocycles. The van der Waals surface area contributed by atoms with Crippen molar-refractivity contribution in [2.45, 2.75) is 6.92 Å². The van der Waals surface area contributed by atoms with Crippen LogP contribution in [0, 0.1) is 11.6 Å². The van der Waals surface area contributed by atoms with E-state index in [4.69, 9.17) is 4.74 Å². The van der Waals surface area contributed by atoms with Crippen molar-refractivity contribution in [3.05, 3.63) is 78.0 Å². The van der Waals surface area contributed by atoms with E-state index >= 15 is 0 Å². The highest BCUT2D eigenvalue weighted by molar-refractivity contribution is 6.04. The minimum atomic E-state index is -1.03. The maximum Gasteiger partial charge on any atom is 0.257 e. The molecule has 0 radical (unpaired) electrons. The van der Waals surface area contributed by atoms with Crippen molar-refractivity contribution in [3.8, 4) is 5.75 Å². The summed E-state index contributed by atoms with van der Waals surface area (Å²) in [6.45, 7) is 2.52. The van der Waals surface area contributed by atoms with E-state index in [1.54, 1.807) is 12.1 Å². The average Bonchev–Trinajstić information content (AvgIpc) is 2.67. The van der Waals surface area contributed by atoms with E-state index in [2.05, 4.69) is 15.6 Å². The lowest BCUT2D eigenvalue weighted by atomic mass is 10.2. The van der Waals surface area contributed by atoms with Gasteiger partial charge in [-0.3, -0.25) is 4.79 Å². The van der Waals surface area contributed by atoms with Gasteiger partial charge in [0.05, 0.1) is 12.2 Å². The smallest absolute Gasteiger partial charge is 0.257 e. The van der Waals surface area contributed by atoms with Crippen LogP contribution in [0.2, 0.25) is 0 Å². The monoisotopic (exact) mass is 369 g/mol. The maximum absolute atomic E-state index is 13.2. The minimum absolute atomic E-state index is 0.162. The molecular formula is C20H17F2N3O2. The third-order valence-corrected chi connectivity index (χ3v) is 3.64. The normalized spacial score (nSPS) is 10.3. The summed E-state index contributed by atoms with van der Waals surface area (Å²) in [4.78, 5) is 16.4. The highest BCUT2D eigenvalue weighted by Gasteiger charge is 2.09. The van der Waals surface area contributed by atoms with Crippen LogP contribution in [-0.2, 0) is 0 Å². The second-order valence-corrected chi connectivity index (χ2v) is 5.60. The first-order chi connectivity index (χ1) is 13.0. The van der Waals surface area contributed by atoms with Crippen LogP contribution in [0.1, 0.15) is 17.3 Å². The molecule has 0 atom stereocenters. The molecule has 0 saturated heterocycles.